The van der Waals surface area contributed by atoms with Crippen LogP contribution in [0.1, 0.15) is 5.69 Å². The first kappa shape index (κ1) is 16.7. The summed E-state index contributed by atoms with van der Waals surface area (Å²) in [5.74, 6) is 0.851. The van der Waals surface area contributed by atoms with Crippen LogP contribution in [0.25, 0.3) is 4.96 Å². The van der Waals surface area contributed by atoms with Crippen molar-refractivity contribution in [2.24, 2.45) is 0 Å². The summed E-state index contributed by atoms with van der Waals surface area (Å²) in [6.07, 6.45) is 4.34. The maximum absolute atomic E-state index is 12.4. The van der Waals surface area contributed by atoms with E-state index in [0.717, 1.165) is 10.7 Å². The Morgan fingerprint density at radius 1 is 1.25 bits per heavy atom. The van der Waals surface area contributed by atoms with Gasteiger partial charge < -0.3 is 9.47 Å². The second-order valence-electron chi connectivity index (χ2n) is 4.99. The second kappa shape index (κ2) is 6.80. The SMILES string of the molecule is COc1ccc(S(=O)(=O)NCCc2cn3ccsc3n2)cc1OC. The predicted molar refractivity (Wildman–Crippen MR) is 91.5 cm³/mol. The highest BCUT2D eigenvalue weighted by Gasteiger charge is 2.17. The number of ether oxygens (including phenoxy) is 2. The van der Waals surface area contributed by atoms with Crippen molar-refractivity contribution in [2.75, 3.05) is 20.8 Å². The molecule has 128 valence electrons. The Labute approximate surface area is 143 Å². The smallest absolute Gasteiger partial charge is 0.240 e. The lowest BCUT2D eigenvalue weighted by molar-refractivity contribution is 0.354. The Morgan fingerprint density at radius 2 is 2.04 bits per heavy atom. The molecule has 24 heavy (non-hydrogen) atoms. The molecule has 0 bridgehead atoms. The summed E-state index contributed by atoms with van der Waals surface area (Å²) in [5, 5.41) is 1.95. The number of imidazole rings is 1. The van der Waals surface area contributed by atoms with E-state index in [9.17, 15) is 8.42 Å². The van der Waals surface area contributed by atoms with Crippen molar-refractivity contribution in [1.29, 1.82) is 0 Å². The van der Waals surface area contributed by atoms with Crippen LogP contribution in [0.3, 0.4) is 0 Å². The Kier molecular flexibility index (Phi) is 4.74. The molecular weight excluding hydrogens is 350 g/mol. The fraction of sp³-hybridized carbons (Fsp3) is 0.267. The predicted octanol–water partition coefficient (Wildman–Crippen LogP) is 1.93. The molecule has 0 saturated heterocycles. The van der Waals surface area contributed by atoms with Gasteiger partial charge in [-0.15, -0.1) is 11.3 Å². The van der Waals surface area contributed by atoms with Gasteiger partial charge in [0.2, 0.25) is 10.0 Å². The molecule has 0 spiro atoms. The molecular formula is C15H17N3O4S2. The number of rotatable bonds is 7. The average molecular weight is 367 g/mol. The molecule has 1 N–H and O–H groups in total. The number of sulfonamides is 1. The minimum Gasteiger partial charge on any atom is -0.493 e. The number of nitrogens with zero attached hydrogens (tertiary/aromatic N) is 2. The number of thiazole rings is 1. The van der Waals surface area contributed by atoms with E-state index in [-0.39, 0.29) is 11.4 Å². The first-order valence-corrected chi connectivity index (χ1v) is 9.52. The van der Waals surface area contributed by atoms with Crippen molar-refractivity contribution in [3.8, 4) is 11.5 Å². The van der Waals surface area contributed by atoms with E-state index in [0.29, 0.717) is 17.9 Å². The molecule has 2 heterocycles. The molecule has 0 atom stereocenters. The van der Waals surface area contributed by atoms with E-state index >= 15 is 0 Å². The number of hydrogen-bond donors (Lipinski definition) is 1. The van der Waals surface area contributed by atoms with E-state index in [1.807, 2.05) is 22.2 Å². The number of hydrogen-bond acceptors (Lipinski definition) is 6. The van der Waals surface area contributed by atoms with Crippen molar-refractivity contribution in [2.45, 2.75) is 11.3 Å². The lowest BCUT2D eigenvalue weighted by Crippen LogP contribution is -2.26. The van der Waals surface area contributed by atoms with E-state index < -0.39 is 10.0 Å². The summed E-state index contributed by atoms with van der Waals surface area (Å²) in [6, 6.07) is 4.49. The fourth-order valence-electron chi connectivity index (χ4n) is 2.28. The molecule has 0 aliphatic carbocycles. The van der Waals surface area contributed by atoms with E-state index in [4.69, 9.17) is 9.47 Å². The standard InChI is InChI=1S/C15H17N3O4S2/c1-21-13-4-3-12(9-14(13)22-2)24(19,20)16-6-5-11-10-18-7-8-23-15(18)17-11/h3-4,7-10,16H,5-6H2,1-2H3. The lowest BCUT2D eigenvalue weighted by atomic mass is 10.3. The van der Waals surface area contributed by atoms with E-state index in [2.05, 4.69) is 9.71 Å². The summed E-state index contributed by atoms with van der Waals surface area (Å²) in [7, 11) is -0.658. The monoisotopic (exact) mass is 367 g/mol. The minimum atomic E-state index is -3.62. The van der Waals surface area contributed by atoms with Crippen LogP contribution < -0.4 is 14.2 Å². The van der Waals surface area contributed by atoms with Crippen molar-refractivity contribution < 1.29 is 17.9 Å². The Bertz CT molecular complexity index is 918. The third kappa shape index (κ3) is 3.37. The van der Waals surface area contributed by atoms with Crippen LogP contribution in [-0.4, -0.2) is 38.6 Å². The topological polar surface area (TPSA) is 81.9 Å². The van der Waals surface area contributed by atoms with E-state index in [1.54, 1.807) is 6.07 Å². The van der Waals surface area contributed by atoms with Gasteiger partial charge in [0, 0.05) is 36.8 Å². The van der Waals surface area contributed by atoms with Crippen LogP contribution in [0, 0.1) is 0 Å². The molecule has 0 saturated carbocycles. The summed E-state index contributed by atoms with van der Waals surface area (Å²) >= 11 is 1.54. The number of benzene rings is 1. The zero-order chi connectivity index (χ0) is 17.2. The third-order valence-corrected chi connectivity index (χ3v) is 5.71. The van der Waals surface area contributed by atoms with Gasteiger partial charge in [-0.1, -0.05) is 0 Å². The molecule has 9 heteroatoms. The van der Waals surface area contributed by atoms with Crippen LogP contribution in [0.5, 0.6) is 11.5 Å². The quantitative estimate of drug-likeness (QED) is 0.690. The maximum atomic E-state index is 12.4. The molecule has 3 aromatic rings. The maximum Gasteiger partial charge on any atom is 0.240 e. The van der Waals surface area contributed by atoms with Gasteiger partial charge in [-0.05, 0) is 12.1 Å². The van der Waals surface area contributed by atoms with Gasteiger partial charge in [0.05, 0.1) is 24.8 Å². The Hall–Kier alpha value is -2.10. The number of methoxy groups -OCH3 is 2. The van der Waals surface area contributed by atoms with Gasteiger partial charge in [-0.25, -0.2) is 18.1 Å². The first-order chi connectivity index (χ1) is 11.5. The lowest BCUT2D eigenvalue weighted by Gasteiger charge is -2.10. The highest BCUT2D eigenvalue weighted by molar-refractivity contribution is 7.89. The van der Waals surface area contributed by atoms with Crippen molar-refractivity contribution in [1.82, 2.24) is 14.1 Å². The number of fused-ring (bicyclic) bond motifs is 1. The first-order valence-electron chi connectivity index (χ1n) is 7.16. The summed E-state index contributed by atoms with van der Waals surface area (Å²) < 4.78 is 39.5. The highest BCUT2D eigenvalue weighted by Crippen LogP contribution is 2.29. The zero-order valence-corrected chi connectivity index (χ0v) is 14.9. The molecule has 0 amide bonds. The third-order valence-electron chi connectivity index (χ3n) is 3.48. The van der Waals surface area contributed by atoms with Crippen LogP contribution >= 0.6 is 11.3 Å². The van der Waals surface area contributed by atoms with Gasteiger partial charge in [0.25, 0.3) is 0 Å². The van der Waals surface area contributed by atoms with E-state index in [1.165, 1.54) is 37.7 Å². The summed E-state index contributed by atoms with van der Waals surface area (Å²) in [6.45, 7) is 0.265. The molecule has 0 radical (unpaired) electrons. The van der Waals surface area contributed by atoms with Crippen LogP contribution in [-0.2, 0) is 16.4 Å². The van der Waals surface area contributed by atoms with Crippen molar-refractivity contribution in [3.63, 3.8) is 0 Å². The van der Waals surface area contributed by atoms with Crippen molar-refractivity contribution >= 4 is 26.3 Å². The Balaban J connectivity index is 1.68. The van der Waals surface area contributed by atoms with Crippen LogP contribution in [0.15, 0.2) is 40.9 Å². The average Bonchev–Trinajstić information content (AvgIpc) is 3.15. The largest absolute Gasteiger partial charge is 0.493 e. The summed E-state index contributed by atoms with van der Waals surface area (Å²) in [5.41, 5.74) is 0.844. The van der Waals surface area contributed by atoms with Gasteiger partial charge in [0.1, 0.15) is 0 Å². The molecule has 0 aliphatic rings. The van der Waals surface area contributed by atoms with Crippen LogP contribution in [0.2, 0.25) is 0 Å². The molecule has 7 nitrogen and oxygen atoms in total. The van der Waals surface area contributed by atoms with Gasteiger partial charge in [0.15, 0.2) is 16.5 Å². The second-order valence-corrected chi connectivity index (χ2v) is 7.63. The molecule has 3 rings (SSSR count). The molecule has 0 aliphatic heterocycles. The van der Waals surface area contributed by atoms with Gasteiger partial charge >= 0.3 is 0 Å². The Morgan fingerprint density at radius 3 is 2.75 bits per heavy atom. The highest BCUT2D eigenvalue weighted by atomic mass is 32.2. The summed E-state index contributed by atoms with van der Waals surface area (Å²) in [4.78, 5) is 5.45. The fourth-order valence-corrected chi connectivity index (χ4v) is 4.04. The van der Waals surface area contributed by atoms with Gasteiger partial charge in [-0.2, -0.15) is 0 Å². The molecule has 0 unspecified atom stereocenters. The zero-order valence-electron chi connectivity index (χ0n) is 13.2. The molecule has 2 aromatic heterocycles. The van der Waals surface area contributed by atoms with Crippen molar-refractivity contribution in [3.05, 3.63) is 41.7 Å². The number of nitrogens with one attached hydrogen (secondary N) is 1. The minimum absolute atomic E-state index is 0.131. The normalized spacial score (nSPS) is 11.8. The molecule has 1 aromatic carbocycles. The molecule has 0 fully saturated rings. The van der Waals surface area contributed by atoms with Gasteiger partial charge in [-0.3, -0.25) is 4.40 Å². The van der Waals surface area contributed by atoms with Crippen LogP contribution in [0.4, 0.5) is 0 Å². The number of aromatic nitrogens is 2.